The van der Waals surface area contributed by atoms with Gasteiger partial charge in [-0.3, -0.25) is 14.0 Å². The van der Waals surface area contributed by atoms with Crippen LogP contribution < -0.4 is 5.56 Å². The fourth-order valence-electron chi connectivity index (χ4n) is 4.57. The molecule has 1 saturated heterocycles. The summed E-state index contributed by atoms with van der Waals surface area (Å²) in [5.74, 6) is -0.105. The molecule has 0 bridgehead atoms. The molecule has 0 unspecified atom stereocenters. The van der Waals surface area contributed by atoms with Crippen molar-refractivity contribution in [2.45, 2.75) is 39.5 Å². The van der Waals surface area contributed by atoms with Gasteiger partial charge < -0.3 is 14.2 Å². The van der Waals surface area contributed by atoms with Gasteiger partial charge in [0.2, 0.25) is 0 Å². The van der Waals surface area contributed by atoms with E-state index < -0.39 is 0 Å². The number of nitrogens with zero attached hydrogens (tertiary/aromatic N) is 4. The summed E-state index contributed by atoms with van der Waals surface area (Å²) >= 11 is 0. The minimum absolute atomic E-state index is 0.0383. The topological polar surface area (TPSA) is 68.8 Å². The van der Waals surface area contributed by atoms with Crippen LogP contribution in [0.3, 0.4) is 0 Å². The highest BCUT2D eigenvalue weighted by molar-refractivity contribution is 5.98. The summed E-state index contributed by atoms with van der Waals surface area (Å²) in [7, 11) is 0. The minimum Gasteiger partial charge on any atom is -0.372 e. The van der Waals surface area contributed by atoms with Crippen molar-refractivity contribution in [3.8, 4) is 0 Å². The first kappa shape index (κ1) is 20.5. The molecule has 3 aromatic heterocycles. The maximum absolute atomic E-state index is 13.7. The van der Waals surface area contributed by atoms with Crippen LogP contribution in [0.25, 0.3) is 16.7 Å². The van der Waals surface area contributed by atoms with E-state index in [4.69, 9.17) is 9.72 Å². The van der Waals surface area contributed by atoms with Crippen molar-refractivity contribution in [3.05, 3.63) is 81.9 Å². The van der Waals surface area contributed by atoms with Gasteiger partial charge in [0, 0.05) is 25.8 Å². The highest BCUT2D eigenvalue weighted by atomic mass is 16.5. The van der Waals surface area contributed by atoms with Crippen LogP contribution in [-0.2, 0) is 11.3 Å². The van der Waals surface area contributed by atoms with Crippen LogP contribution >= 0.6 is 0 Å². The molecule has 0 aliphatic carbocycles. The quantitative estimate of drug-likeness (QED) is 0.500. The van der Waals surface area contributed by atoms with E-state index in [1.54, 1.807) is 16.7 Å². The molecule has 5 rings (SSSR count). The van der Waals surface area contributed by atoms with Crippen molar-refractivity contribution in [3.63, 3.8) is 0 Å². The monoisotopic (exact) mass is 430 g/mol. The summed E-state index contributed by atoms with van der Waals surface area (Å²) in [6, 6.07) is 15.4. The molecule has 4 aromatic rings. The number of rotatable bonds is 3. The van der Waals surface area contributed by atoms with E-state index in [1.165, 1.54) is 0 Å². The number of ether oxygens (including phenoxy) is 1. The maximum atomic E-state index is 13.7. The molecule has 0 radical (unpaired) electrons. The number of amides is 1. The standard InChI is InChI=1S/C25H26N4O3/c1-16-8-7-11-28-22(16)26-23-20(24(28)30)12-21(29(23)15-19-9-5-4-6-10-19)25(31)27-13-17(2)32-18(3)14-27/h4-12,17-18H,13-15H2,1-3H3/t17-,18-/m1/s1. The Morgan fingerprint density at radius 1 is 1.06 bits per heavy atom. The third kappa shape index (κ3) is 3.48. The molecule has 1 fully saturated rings. The first-order valence-electron chi connectivity index (χ1n) is 10.9. The lowest BCUT2D eigenvalue weighted by molar-refractivity contribution is -0.0588. The van der Waals surface area contributed by atoms with Crippen molar-refractivity contribution < 1.29 is 9.53 Å². The van der Waals surface area contributed by atoms with Crippen LogP contribution in [0.4, 0.5) is 0 Å². The van der Waals surface area contributed by atoms with Crippen molar-refractivity contribution in [1.82, 2.24) is 18.9 Å². The second kappa shape index (κ2) is 7.91. The number of aryl methyl sites for hydroxylation is 1. The largest absolute Gasteiger partial charge is 0.372 e. The van der Waals surface area contributed by atoms with Crippen LogP contribution in [-0.4, -0.2) is 50.1 Å². The maximum Gasteiger partial charge on any atom is 0.270 e. The number of benzene rings is 1. The van der Waals surface area contributed by atoms with Crippen LogP contribution in [0, 0.1) is 6.92 Å². The van der Waals surface area contributed by atoms with Gasteiger partial charge in [0.15, 0.2) is 0 Å². The van der Waals surface area contributed by atoms with Gasteiger partial charge in [-0.25, -0.2) is 4.98 Å². The van der Waals surface area contributed by atoms with Gasteiger partial charge >= 0.3 is 0 Å². The van der Waals surface area contributed by atoms with Crippen LogP contribution in [0.15, 0.2) is 59.5 Å². The van der Waals surface area contributed by atoms with Gasteiger partial charge in [0.05, 0.1) is 17.6 Å². The molecule has 7 nitrogen and oxygen atoms in total. The van der Waals surface area contributed by atoms with Gasteiger partial charge in [-0.1, -0.05) is 36.4 Å². The average molecular weight is 431 g/mol. The van der Waals surface area contributed by atoms with Crippen molar-refractivity contribution in [1.29, 1.82) is 0 Å². The first-order chi connectivity index (χ1) is 15.4. The van der Waals surface area contributed by atoms with Gasteiger partial charge in [0.25, 0.3) is 11.5 Å². The number of pyridine rings is 1. The highest BCUT2D eigenvalue weighted by Crippen LogP contribution is 2.22. The summed E-state index contributed by atoms with van der Waals surface area (Å²) in [6.07, 6.45) is 1.64. The molecule has 4 heterocycles. The second-order valence-corrected chi connectivity index (χ2v) is 8.61. The Kier molecular flexibility index (Phi) is 5.06. The molecule has 1 aliphatic rings. The number of morpholine rings is 1. The Bertz CT molecular complexity index is 1360. The molecule has 7 heteroatoms. The smallest absolute Gasteiger partial charge is 0.270 e. The van der Waals surface area contributed by atoms with Gasteiger partial charge in [-0.2, -0.15) is 0 Å². The highest BCUT2D eigenvalue weighted by Gasteiger charge is 2.30. The summed E-state index contributed by atoms with van der Waals surface area (Å²) in [4.78, 5) is 33.6. The fraction of sp³-hybridized carbons (Fsp3) is 0.320. The van der Waals surface area contributed by atoms with E-state index in [2.05, 4.69) is 0 Å². The molecule has 32 heavy (non-hydrogen) atoms. The average Bonchev–Trinajstić information content (AvgIpc) is 3.13. The zero-order valence-corrected chi connectivity index (χ0v) is 18.5. The molecule has 164 valence electrons. The van der Waals surface area contributed by atoms with Crippen LogP contribution in [0.5, 0.6) is 0 Å². The predicted octanol–water partition coefficient (Wildman–Crippen LogP) is 3.26. The van der Waals surface area contributed by atoms with Gasteiger partial charge in [-0.05, 0) is 44.0 Å². The number of hydrogen-bond acceptors (Lipinski definition) is 4. The summed E-state index contributed by atoms with van der Waals surface area (Å²) in [5.41, 5.74) is 3.38. The van der Waals surface area contributed by atoms with E-state index in [0.717, 1.165) is 11.1 Å². The zero-order chi connectivity index (χ0) is 22.4. The summed E-state index contributed by atoms with van der Waals surface area (Å²) in [6.45, 7) is 7.36. The SMILES string of the molecule is Cc1cccn2c(=O)c3cc(C(=O)N4C[C@@H](C)O[C@H](C)C4)n(Cc4ccccc4)c3nc12. The Morgan fingerprint density at radius 2 is 1.78 bits per heavy atom. The Labute approximate surface area is 185 Å². The molecular weight excluding hydrogens is 404 g/mol. The second-order valence-electron chi connectivity index (χ2n) is 8.61. The number of fused-ring (bicyclic) bond motifs is 2. The normalized spacial score (nSPS) is 19.0. The lowest BCUT2D eigenvalue weighted by Crippen LogP contribution is -2.48. The predicted molar refractivity (Wildman–Crippen MR) is 123 cm³/mol. The first-order valence-corrected chi connectivity index (χ1v) is 10.9. The van der Waals surface area contributed by atoms with Crippen molar-refractivity contribution in [2.75, 3.05) is 13.1 Å². The molecule has 0 N–H and O–H groups in total. The zero-order valence-electron chi connectivity index (χ0n) is 18.5. The Hall–Kier alpha value is -3.45. The van der Waals surface area contributed by atoms with Crippen molar-refractivity contribution in [2.24, 2.45) is 0 Å². The Balaban J connectivity index is 1.72. The fourth-order valence-corrected chi connectivity index (χ4v) is 4.57. The number of carbonyl (C=O) groups is 1. The molecule has 1 aromatic carbocycles. The van der Waals surface area contributed by atoms with E-state index in [1.807, 2.05) is 72.7 Å². The number of aromatic nitrogens is 3. The third-order valence-corrected chi connectivity index (χ3v) is 6.00. The molecular formula is C25H26N4O3. The molecule has 2 atom stereocenters. The molecule has 1 aliphatic heterocycles. The minimum atomic E-state index is -0.168. The number of carbonyl (C=O) groups excluding carboxylic acids is 1. The molecule has 1 amide bonds. The summed E-state index contributed by atoms with van der Waals surface area (Å²) in [5, 5.41) is 0.446. The Morgan fingerprint density at radius 3 is 2.50 bits per heavy atom. The van der Waals surface area contributed by atoms with Crippen LogP contribution in [0.1, 0.15) is 35.5 Å². The third-order valence-electron chi connectivity index (χ3n) is 6.00. The lowest BCUT2D eigenvalue weighted by Gasteiger charge is -2.35. The number of hydrogen-bond donors (Lipinski definition) is 0. The van der Waals surface area contributed by atoms with Gasteiger partial charge in [0.1, 0.15) is 17.0 Å². The van der Waals surface area contributed by atoms with E-state index in [0.29, 0.717) is 42.0 Å². The molecule has 0 spiro atoms. The lowest BCUT2D eigenvalue weighted by atomic mass is 10.2. The van der Waals surface area contributed by atoms with E-state index >= 15 is 0 Å². The van der Waals surface area contributed by atoms with Gasteiger partial charge in [-0.15, -0.1) is 0 Å². The van der Waals surface area contributed by atoms with Crippen molar-refractivity contribution >= 4 is 22.6 Å². The summed E-state index contributed by atoms with van der Waals surface area (Å²) < 4.78 is 9.24. The van der Waals surface area contributed by atoms with E-state index in [9.17, 15) is 9.59 Å². The van der Waals surface area contributed by atoms with E-state index in [-0.39, 0.29) is 23.7 Å². The van der Waals surface area contributed by atoms with Crippen LogP contribution in [0.2, 0.25) is 0 Å². The molecule has 0 saturated carbocycles.